The number of ether oxygens (including phenoxy) is 1. The summed E-state index contributed by atoms with van der Waals surface area (Å²) in [6.07, 6.45) is 1.81. The van der Waals surface area contributed by atoms with Gasteiger partial charge in [0, 0.05) is 17.1 Å². The molecule has 1 aliphatic heterocycles. The number of amides is 1. The van der Waals surface area contributed by atoms with Crippen molar-refractivity contribution in [3.8, 4) is 5.69 Å². The van der Waals surface area contributed by atoms with Crippen LogP contribution in [0.25, 0.3) is 11.8 Å². The van der Waals surface area contributed by atoms with Gasteiger partial charge in [-0.15, -0.1) is 0 Å². The summed E-state index contributed by atoms with van der Waals surface area (Å²) in [6.45, 7) is 6.03. The Morgan fingerprint density at radius 3 is 2.52 bits per heavy atom. The van der Waals surface area contributed by atoms with Crippen molar-refractivity contribution in [3.63, 3.8) is 0 Å². The molecule has 3 aromatic rings. The average Bonchev–Trinajstić information content (AvgIpc) is 3.22. The van der Waals surface area contributed by atoms with E-state index in [2.05, 4.69) is 0 Å². The molecule has 0 atom stereocenters. The minimum absolute atomic E-state index is 0.279. The lowest BCUT2D eigenvalue weighted by Crippen LogP contribution is -2.27. The number of esters is 1. The third-order valence-electron chi connectivity index (χ3n) is 5.25. The van der Waals surface area contributed by atoms with E-state index in [-0.39, 0.29) is 11.9 Å². The van der Waals surface area contributed by atoms with Crippen LogP contribution in [0.3, 0.4) is 0 Å². The molecule has 2 heterocycles. The number of thiocarbonyl (C=S) groups is 1. The van der Waals surface area contributed by atoms with E-state index in [1.165, 1.54) is 28.8 Å². The quantitative estimate of drug-likeness (QED) is 0.262. The van der Waals surface area contributed by atoms with Crippen LogP contribution in [-0.2, 0) is 9.53 Å². The summed E-state index contributed by atoms with van der Waals surface area (Å²) < 4.78 is 21.1. The zero-order valence-corrected chi connectivity index (χ0v) is 19.9. The highest BCUT2D eigenvalue weighted by Gasteiger charge is 2.33. The molecule has 5 nitrogen and oxygen atoms in total. The van der Waals surface area contributed by atoms with Crippen molar-refractivity contribution >= 4 is 51.9 Å². The predicted molar refractivity (Wildman–Crippen MR) is 133 cm³/mol. The van der Waals surface area contributed by atoms with Crippen LogP contribution < -0.4 is 4.90 Å². The summed E-state index contributed by atoms with van der Waals surface area (Å²) in [5.74, 6) is -1.06. The molecule has 0 aliphatic carbocycles. The second-order valence-electron chi connectivity index (χ2n) is 7.43. The monoisotopic (exact) mass is 480 g/mol. The number of aryl methyl sites for hydroxylation is 1. The third kappa shape index (κ3) is 4.49. The maximum Gasteiger partial charge on any atom is 0.338 e. The van der Waals surface area contributed by atoms with Gasteiger partial charge in [0.15, 0.2) is 4.32 Å². The first kappa shape index (κ1) is 22.9. The lowest BCUT2D eigenvalue weighted by Gasteiger charge is -2.14. The van der Waals surface area contributed by atoms with Gasteiger partial charge in [-0.1, -0.05) is 30.0 Å². The molecule has 1 fully saturated rings. The Balaban J connectivity index is 1.64. The molecule has 33 heavy (non-hydrogen) atoms. The van der Waals surface area contributed by atoms with Crippen molar-refractivity contribution in [3.05, 3.63) is 87.8 Å². The number of thioether (sulfide) groups is 1. The highest BCUT2D eigenvalue weighted by Crippen LogP contribution is 2.37. The minimum Gasteiger partial charge on any atom is -0.462 e. The van der Waals surface area contributed by atoms with Gasteiger partial charge in [-0.25, -0.2) is 9.18 Å². The van der Waals surface area contributed by atoms with Gasteiger partial charge in [0.25, 0.3) is 5.91 Å². The van der Waals surface area contributed by atoms with E-state index in [1.807, 2.05) is 42.7 Å². The molecule has 0 N–H and O–H groups in total. The van der Waals surface area contributed by atoms with E-state index in [4.69, 9.17) is 17.0 Å². The predicted octanol–water partition coefficient (Wildman–Crippen LogP) is 5.82. The van der Waals surface area contributed by atoms with Gasteiger partial charge >= 0.3 is 5.97 Å². The van der Waals surface area contributed by atoms with E-state index >= 15 is 0 Å². The van der Waals surface area contributed by atoms with Crippen LogP contribution in [0.1, 0.15) is 34.2 Å². The lowest BCUT2D eigenvalue weighted by atomic mass is 10.2. The number of halogens is 1. The maximum atomic E-state index is 13.7. The molecule has 2 aromatic carbocycles. The molecule has 0 unspecified atom stereocenters. The van der Waals surface area contributed by atoms with Crippen molar-refractivity contribution in [2.24, 2.45) is 0 Å². The van der Waals surface area contributed by atoms with Gasteiger partial charge < -0.3 is 9.30 Å². The van der Waals surface area contributed by atoms with Gasteiger partial charge in [-0.2, -0.15) is 0 Å². The van der Waals surface area contributed by atoms with Crippen LogP contribution in [-0.4, -0.2) is 27.4 Å². The van der Waals surface area contributed by atoms with Gasteiger partial charge in [-0.05, 0) is 80.9 Å². The van der Waals surface area contributed by atoms with Crippen molar-refractivity contribution < 1.29 is 18.7 Å². The molecule has 0 saturated carbocycles. The van der Waals surface area contributed by atoms with Crippen molar-refractivity contribution in [1.29, 1.82) is 0 Å². The Morgan fingerprint density at radius 2 is 1.85 bits per heavy atom. The summed E-state index contributed by atoms with van der Waals surface area (Å²) in [5, 5.41) is 0. The molecule has 1 aliphatic rings. The highest BCUT2D eigenvalue weighted by atomic mass is 32.2. The van der Waals surface area contributed by atoms with Crippen molar-refractivity contribution in [2.45, 2.75) is 20.8 Å². The standard InChI is InChI=1S/C25H21FN2O3S2/c1-4-31-24(30)17-8-10-20(11-9-17)27-15(2)12-18(16(27)3)13-22-23(29)28(25(32)33-22)21-7-5-6-19(26)14-21/h5-14H,4H2,1-3H3/b22-13+. The smallest absolute Gasteiger partial charge is 0.338 e. The molecule has 1 amide bonds. The zero-order chi connectivity index (χ0) is 23.7. The molecule has 168 valence electrons. The lowest BCUT2D eigenvalue weighted by molar-refractivity contribution is -0.113. The first-order valence-electron chi connectivity index (χ1n) is 10.3. The molecular formula is C25H21FN2O3S2. The Hall–Kier alpha value is -3.23. The number of carbonyl (C=O) groups excluding carboxylic acids is 2. The van der Waals surface area contributed by atoms with E-state index < -0.39 is 5.82 Å². The van der Waals surface area contributed by atoms with E-state index in [0.717, 1.165) is 22.6 Å². The number of rotatable bonds is 5. The molecule has 0 bridgehead atoms. The summed E-state index contributed by atoms with van der Waals surface area (Å²) >= 11 is 6.58. The molecule has 1 saturated heterocycles. The minimum atomic E-state index is -0.428. The number of hydrogen-bond donors (Lipinski definition) is 0. The second kappa shape index (κ2) is 9.33. The maximum absolute atomic E-state index is 13.7. The van der Waals surface area contributed by atoms with Crippen LogP contribution >= 0.6 is 24.0 Å². The van der Waals surface area contributed by atoms with Gasteiger partial charge in [0.05, 0.1) is 22.8 Å². The number of hydrogen-bond acceptors (Lipinski definition) is 5. The Labute approximate surface area is 200 Å². The SMILES string of the molecule is CCOC(=O)c1ccc(-n2c(C)cc(/C=C3/SC(=S)N(c4cccc(F)c4)C3=O)c2C)cc1. The Bertz CT molecular complexity index is 1300. The molecular weight excluding hydrogens is 459 g/mol. The van der Waals surface area contributed by atoms with Crippen LogP contribution in [0.4, 0.5) is 10.1 Å². The summed E-state index contributed by atoms with van der Waals surface area (Å²) in [5.41, 5.74) is 4.58. The number of carbonyl (C=O) groups is 2. The van der Waals surface area contributed by atoms with Crippen molar-refractivity contribution in [2.75, 3.05) is 11.5 Å². The summed E-state index contributed by atoms with van der Waals surface area (Å²) in [6, 6.07) is 15.0. The van der Waals surface area contributed by atoms with Crippen molar-refractivity contribution in [1.82, 2.24) is 4.57 Å². The fourth-order valence-corrected chi connectivity index (χ4v) is 5.03. The van der Waals surface area contributed by atoms with E-state index in [0.29, 0.717) is 27.1 Å². The first-order valence-corrected chi connectivity index (χ1v) is 11.5. The number of aromatic nitrogens is 1. The first-order chi connectivity index (χ1) is 15.8. The fourth-order valence-electron chi connectivity index (χ4n) is 3.74. The van der Waals surface area contributed by atoms with Crippen LogP contribution in [0, 0.1) is 19.7 Å². The zero-order valence-electron chi connectivity index (χ0n) is 18.3. The third-order valence-corrected chi connectivity index (χ3v) is 6.56. The number of nitrogens with zero attached hydrogens (tertiary/aromatic N) is 2. The molecule has 4 rings (SSSR count). The van der Waals surface area contributed by atoms with Crippen LogP contribution in [0.5, 0.6) is 0 Å². The van der Waals surface area contributed by atoms with Crippen LogP contribution in [0.15, 0.2) is 59.5 Å². The van der Waals surface area contributed by atoms with Gasteiger partial charge in [0.2, 0.25) is 0 Å². The van der Waals surface area contributed by atoms with Crippen LogP contribution in [0.2, 0.25) is 0 Å². The molecule has 1 aromatic heterocycles. The van der Waals surface area contributed by atoms with E-state index in [1.54, 1.807) is 31.2 Å². The average molecular weight is 481 g/mol. The largest absolute Gasteiger partial charge is 0.462 e. The Kier molecular flexibility index (Phi) is 6.49. The molecule has 0 spiro atoms. The number of anilines is 1. The van der Waals surface area contributed by atoms with E-state index in [9.17, 15) is 14.0 Å². The normalized spacial score (nSPS) is 14.9. The van der Waals surface area contributed by atoms with Gasteiger partial charge in [-0.3, -0.25) is 9.69 Å². The fraction of sp³-hybridized carbons (Fsp3) is 0.160. The second-order valence-corrected chi connectivity index (χ2v) is 9.10. The molecule has 0 radical (unpaired) electrons. The summed E-state index contributed by atoms with van der Waals surface area (Å²) in [7, 11) is 0. The number of benzene rings is 2. The molecule has 8 heteroatoms. The van der Waals surface area contributed by atoms with Gasteiger partial charge in [0.1, 0.15) is 5.82 Å². The Morgan fingerprint density at radius 1 is 1.12 bits per heavy atom. The topological polar surface area (TPSA) is 51.5 Å². The summed E-state index contributed by atoms with van der Waals surface area (Å²) in [4.78, 5) is 26.8. The highest BCUT2D eigenvalue weighted by molar-refractivity contribution is 8.27.